The number of aromatic nitrogens is 1. The predicted molar refractivity (Wildman–Crippen MR) is 156 cm³/mol. The average Bonchev–Trinajstić information content (AvgIpc) is 3.49. The van der Waals surface area contributed by atoms with Crippen molar-refractivity contribution in [1.82, 2.24) is 4.57 Å². The summed E-state index contributed by atoms with van der Waals surface area (Å²) in [6, 6.07) is 42.7. The quantitative estimate of drug-likeness (QED) is 0.233. The summed E-state index contributed by atoms with van der Waals surface area (Å²) in [5.41, 5.74) is 8.28. The lowest BCUT2D eigenvalue weighted by molar-refractivity contribution is 0.669. The summed E-state index contributed by atoms with van der Waals surface area (Å²) >= 11 is 0. The molecule has 2 aromatic heterocycles. The van der Waals surface area contributed by atoms with Gasteiger partial charge in [-0.2, -0.15) is 0 Å². The molecule has 2 nitrogen and oxygen atoms in total. The number of rotatable bonds is 2. The molecule has 0 aliphatic carbocycles. The zero-order valence-electron chi connectivity index (χ0n) is 20.0. The SMILES string of the molecule is [B]c1cccc2oc3ccc(-c4ccc5c(c4)c4c6ccccc6ccc4n5-c4ccccc4)cc3c12. The first-order valence-corrected chi connectivity index (χ1v) is 12.5. The van der Waals surface area contributed by atoms with Crippen molar-refractivity contribution in [2.24, 2.45) is 0 Å². The van der Waals surface area contributed by atoms with E-state index in [0.29, 0.717) is 0 Å². The van der Waals surface area contributed by atoms with Crippen LogP contribution in [0.3, 0.4) is 0 Å². The maximum absolute atomic E-state index is 6.34. The van der Waals surface area contributed by atoms with E-state index >= 15 is 0 Å². The molecule has 0 bridgehead atoms. The molecule has 6 aromatic carbocycles. The standard InChI is InChI=1S/C34H20BNO/c35-28-11-6-12-32-34(28)27-20-23(15-18-31(27)37-32)22-14-16-29-26(19-22)33-25-10-5-4-7-21(25)13-17-30(33)36(29)24-8-2-1-3-9-24/h1-20H. The molecule has 0 saturated heterocycles. The third kappa shape index (κ3) is 2.95. The molecule has 3 heteroatoms. The lowest BCUT2D eigenvalue weighted by atomic mass is 9.90. The lowest BCUT2D eigenvalue weighted by Crippen LogP contribution is -2.01. The smallest absolute Gasteiger partial charge is 0.135 e. The van der Waals surface area contributed by atoms with Crippen LogP contribution in [-0.2, 0) is 0 Å². The van der Waals surface area contributed by atoms with E-state index in [9.17, 15) is 0 Å². The summed E-state index contributed by atoms with van der Waals surface area (Å²) in [5, 5.41) is 7.05. The minimum atomic E-state index is 0.737. The molecule has 0 N–H and O–H groups in total. The molecule has 8 aromatic rings. The van der Waals surface area contributed by atoms with Gasteiger partial charge in [0.2, 0.25) is 0 Å². The van der Waals surface area contributed by atoms with Crippen LogP contribution < -0.4 is 5.46 Å². The molecule has 0 saturated carbocycles. The first kappa shape index (κ1) is 20.4. The van der Waals surface area contributed by atoms with Crippen molar-refractivity contribution < 1.29 is 4.42 Å². The Bertz CT molecular complexity index is 2150. The van der Waals surface area contributed by atoms with Crippen molar-refractivity contribution in [3.63, 3.8) is 0 Å². The fourth-order valence-electron chi connectivity index (χ4n) is 5.86. The summed E-state index contributed by atoms with van der Waals surface area (Å²) in [6.45, 7) is 0. The van der Waals surface area contributed by atoms with Gasteiger partial charge in [0.25, 0.3) is 0 Å². The second kappa shape index (κ2) is 7.62. The highest BCUT2D eigenvalue weighted by Crippen LogP contribution is 2.39. The van der Waals surface area contributed by atoms with Crippen molar-refractivity contribution >= 4 is 67.8 Å². The zero-order chi connectivity index (χ0) is 24.5. The summed E-state index contributed by atoms with van der Waals surface area (Å²) in [6.07, 6.45) is 0. The molecular formula is C34H20BNO. The topological polar surface area (TPSA) is 18.1 Å². The number of furan rings is 1. The van der Waals surface area contributed by atoms with Gasteiger partial charge in [-0.05, 0) is 70.4 Å². The van der Waals surface area contributed by atoms with E-state index in [1.807, 2.05) is 18.2 Å². The molecule has 0 unspecified atom stereocenters. The van der Waals surface area contributed by atoms with E-state index in [1.165, 1.54) is 38.1 Å². The number of nitrogens with zero attached hydrogens (tertiary/aromatic N) is 1. The van der Waals surface area contributed by atoms with Gasteiger partial charge in [0.15, 0.2) is 0 Å². The van der Waals surface area contributed by atoms with E-state index in [0.717, 1.165) is 38.7 Å². The molecule has 0 fully saturated rings. The molecule has 2 radical (unpaired) electrons. The number of fused-ring (bicyclic) bond motifs is 8. The van der Waals surface area contributed by atoms with Crippen LogP contribution in [0.25, 0.3) is 71.3 Å². The molecule has 8 rings (SSSR count). The van der Waals surface area contributed by atoms with Crippen molar-refractivity contribution in [1.29, 1.82) is 0 Å². The summed E-state index contributed by atoms with van der Waals surface area (Å²) in [7, 11) is 6.34. The van der Waals surface area contributed by atoms with E-state index < -0.39 is 0 Å². The minimum Gasteiger partial charge on any atom is -0.456 e. The molecule has 2 heterocycles. The van der Waals surface area contributed by atoms with Crippen LogP contribution >= 0.6 is 0 Å². The van der Waals surface area contributed by atoms with Crippen molar-refractivity contribution in [2.45, 2.75) is 0 Å². The molecule has 37 heavy (non-hydrogen) atoms. The Labute approximate surface area is 214 Å². The van der Waals surface area contributed by atoms with Crippen LogP contribution in [0.15, 0.2) is 126 Å². The molecule has 170 valence electrons. The van der Waals surface area contributed by atoms with Crippen molar-refractivity contribution in [3.8, 4) is 16.8 Å². The van der Waals surface area contributed by atoms with E-state index in [1.54, 1.807) is 0 Å². The van der Waals surface area contributed by atoms with Gasteiger partial charge in [-0.1, -0.05) is 78.3 Å². The fourth-order valence-corrected chi connectivity index (χ4v) is 5.86. The molecule has 0 aliphatic rings. The normalized spacial score (nSPS) is 11.9. The second-order valence-electron chi connectivity index (χ2n) is 9.62. The minimum absolute atomic E-state index is 0.737. The van der Waals surface area contributed by atoms with Gasteiger partial charge in [-0.15, -0.1) is 0 Å². The first-order valence-electron chi connectivity index (χ1n) is 12.5. The number of hydrogen-bond donors (Lipinski definition) is 0. The van der Waals surface area contributed by atoms with Gasteiger partial charge in [0.05, 0.1) is 11.0 Å². The molecule has 0 aliphatic heterocycles. The van der Waals surface area contributed by atoms with Crippen molar-refractivity contribution in [2.75, 3.05) is 0 Å². The summed E-state index contributed by atoms with van der Waals surface area (Å²) in [5.74, 6) is 0. The Hall–Kier alpha value is -4.76. The monoisotopic (exact) mass is 469 g/mol. The largest absolute Gasteiger partial charge is 0.456 e. The molecule has 0 atom stereocenters. The predicted octanol–water partition coefficient (Wildman–Crippen LogP) is 8.30. The number of hydrogen-bond acceptors (Lipinski definition) is 1. The number of benzene rings is 6. The maximum atomic E-state index is 6.34. The maximum Gasteiger partial charge on any atom is 0.135 e. The van der Waals surface area contributed by atoms with Gasteiger partial charge in [-0.3, -0.25) is 0 Å². The van der Waals surface area contributed by atoms with E-state index in [-0.39, 0.29) is 0 Å². The van der Waals surface area contributed by atoms with Crippen LogP contribution in [0.2, 0.25) is 0 Å². The van der Waals surface area contributed by atoms with Crippen LogP contribution in [0.5, 0.6) is 0 Å². The Balaban J connectivity index is 1.45. The number of para-hydroxylation sites is 1. The molecule has 0 spiro atoms. The third-order valence-corrected chi connectivity index (χ3v) is 7.53. The second-order valence-corrected chi connectivity index (χ2v) is 9.62. The Morgan fingerprint density at radius 2 is 1.27 bits per heavy atom. The van der Waals surface area contributed by atoms with Gasteiger partial charge in [0, 0.05) is 27.2 Å². The van der Waals surface area contributed by atoms with Crippen LogP contribution in [-0.4, -0.2) is 12.4 Å². The Morgan fingerprint density at radius 3 is 2.16 bits per heavy atom. The first-order chi connectivity index (χ1) is 18.3. The van der Waals surface area contributed by atoms with E-state index in [2.05, 4.69) is 108 Å². The Morgan fingerprint density at radius 1 is 0.514 bits per heavy atom. The molecular weight excluding hydrogens is 449 g/mol. The highest BCUT2D eigenvalue weighted by Gasteiger charge is 2.16. The van der Waals surface area contributed by atoms with Crippen LogP contribution in [0.4, 0.5) is 0 Å². The zero-order valence-corrected chi connectivity index (χ0v) is 20.0. The highest BCUT2D eigenvalue weighted by atomic mass is 16.3. The van der Waals surface area contributed by atoms with Gasteiger partial charge in [-0.25, -0.2) is 0 Å². The summed E-state index contributed by atoms with van der Waals surface area (Å²) < 4.78 is 8.44. The van der Waals surface area contributed by atoms with E-state index in [4.69, 9.17) is 12.3 Å². The third-order valence-electron chi connectivity index (χ3n) is 7.53. The average molecular weight is 469 g/mol. The Kier molecular flexibility index (Phi) is 4.21. The summed E-state index contributed by atoms with van der Waals surface area (Å²) in [4.78, 5) is 0. The van der Waals surface area contributed by atoms with Gasteiger partial charge >= 0.3 is 0 Å². The molecule has 0 amide bonds. The fraction of sp³-hybridized carbons (Fsp3) is 0. The van der Waals surface area contributed by atoms with Crippen LogP contribution in [0, 0.1) is 0 Å². The van der Waals surface area contributed by atoms with Crippen molar-refractivity contribution in [3.05, 3.63) is 121 Å². The van der Waals surface area contributed by atoms with Gasteiger partial charge in [0.1, 0.15) is 19.0 Å². The van der Waals surface area contributed by atoms with Gasteiger partial charge < -0.3 is 8.98 Å². The highest BCUT2D eigenvalue weighted by molar-refractivity contribution is 6.41. The lowest BCUT2D eigenvalue weighted by Gasteiger charge is -2.08. The van der Waals surface area contributed by atoms with Crippen LogP contribution in [0.1, 0.15) is 0 Å².